The summed E-state index contributed by atoms with van der Waals surface area (Å²) < 4.78 is 0. The van der Waals surface area contributed by atoms with Gasteiger partial charge >= 0.3 is 0 Å². The van der Waals surface area contributed by atoms with Crippen molar-refractivity contribution in [3.8, 4) is 6.07 Å². The van der Waals surface area contributed by atoms with Gasteiger partial charge in [-0.1, -0.05) is 0 Å². The second-order valence-corrected chi connectivity index (χ2v) is 4.23. The molecule has 1 atom stereocenters. The van der Waals surface area contributed by atoms with Gasteiger partial charge < -0.3 is 10.2 Å². The number of nitrogens with one attached hydrogen (secondary N) is 1. The number of benzene rings is 1. The van der Waals surface area contributed by atoms with Gasteiger partial charge in [0.05, 0.1) is 11.6 Å². The number of nitriles is 1. The van der Waals surface area contributed by atoms with E-state index in [1.54, 1.807) is 0 Å². The van der Waals surface area contributed by atoms with Crippen LogP contribution < -0.4 is 10.2 Å². The van der Waals surface area contributed by atoms with Crippen molar-refractivity contribution in [2.24, 2.45) is 0 Å². The monoisotopic (exact) mass is 215 g/mol. The molecule has 0 amide bonds. The lowest BCUT2D eigenvalue weighted by Gasteiger charge is -2.34. The zero-order valence-electron chi connectivity index (χ0n) is 9.61. The minimum absolute atomic E-state index is 0.587. The summed E-state index contributed by atoms with van der Waals surface area (Å²) in [5.74, 6) is 0. The van der Waals surface area contributed by atoms with E-state index in [1.165, 1.54) is 18.5 Å². The number of nitrogens with zero attached hydrogens (tertiary/aromatic N) is 2. The van der Waals surface area contributed by atoms with Crippen molar-refractivity contribution in [2.75, 3.05) is 25.0 Å². The fourth-order valence-corrected chi connectivity index (χ4v) is 2.19. The van der Waals surface area contributed by atoms with Crippen molar-refractivity contribution in [3.05, 3.63) is 29.8 Å². The highest BCUT2D eigenvalue weighted by atomic mass is 15.2. The van der Waals surface area contributed by atoms with Crippen LogP contribution in [-0.2, 0) is 0 Å². The molecule has 1 saturated heterocycles. The molecule has 0 aromatic heterocycles. The molecule has 1 N–H and O–H groups in total. The van der Waals surface area contributed by atoms with Gasteiger partial charge in [0.15, 0.2) is 0 Å². The molecule has 1 aromatic carbocycles. The van der Waals surface area contributed by atoms with Crippen LogP contribution in [0.15, 0.2) is 24.3 Å². The van der Waals surface area contributed by atoms with E-state index in [1.807, 2.05) is 31.3 Å². The molecule has 1 aliphatic rings. The molecule has 2 rings (SSSR count). The second-order valence-electron chi connectivity index (χ2n) is 4.23. The maximum Gasteiger partial charge on any atom is 0.0991 e. The van der Waals surface area contributed by atoms with E-state index in [0.29, 0.717) is 6.04 Å². The van der Waals surface area contributed by atoms with Gasteiger partial charge in [0.1, 0.15) is 0 Å². The van der Waals surface area contributed by atoms with Crippen molar-refractivity contribution in [1.82, 2.24) is 5.32 Å². The fourth-order valence-electron chi connectivity index (χ4n) is 2.19. The van der Waals surface area contributed by atoms with Crippen LogP contribution in [0.2, 0.25) is 0 Å². The molecule has 1 fully saturated rings. The summed E-state index contributed by atoms with van der Waals surface area (Å²) in [6.07, 6.45) is 2.48. The first-order valence-electron chi connectivity index (χ1n) is 5.76. The molecule has 3 heteroatoms. The number of piperidine rings is 1. The summed E-state index contributed by atoms with van der Waals surface area (Å²) in [5, 5.41) is 12.1. The molecule has 1 aliphatic heterocycles. The molecule has 3 nitrogen and oxygen atoms in total. The average Bonchev–Trinajstić information content (AvgIpc) is 2.39. The Kier molecular flexibility index (Phi) is 3.43. The van der Waals surface area contributed by atoms with Crippen molar-refractivity contribution in [2.45, 2.75) is 18.9 Å². The third-order valence-corrected chi connectivity index (χ3v) is 3.19. The first-order valence-corrected chi connectivity index (χ1v) is 5.76. The lowest BCUT2D eigenvalue weighted by molar-refractivity contribution is 0.449. The summed E-state index contributed by atoms with van der Waals surface area (Å²) in [4.78, 5) is 2.38. The molecule has 1 aromatic rings. The first-order chi connectivity index (χ1) is 7.83. The van der Waals surface area contributed by atoms with Crippen LogP contribution in [0.1, 0.15) is 18.4 Å². The van der Waals surface area contributed by atoms with E-state index >= 15 is 0 Å². The van der Waals surface area contributed by atoms with Crippen LogP contribution in [0.3, 0.4) is 0 Å². The van der Waals surface area contributed by atoms with Gasteiger partial charge in [-0.05, 0) is 44.2 Å². The van der Waals surface area contributed by atoms with E-state index in [-0.39, 0.29) is 0 Å². The first kappa shape index (κ1) is 11.0. The van der Waals surface area contributed by atoms with Gasteiger partial charge in [-0.2, -0.15) is 5.26 Å². The smallest absolute Gasteiger partial charge is 0.0991 e. The van der Waals surface area contributed by atoms with E-state index in [4.69, 9.17) is 5.26 Å². The van der Waals surface area contributed by atoms with Gasteiger partial charge in [-0.25, -0.2) is 0 Å². The molecule has 0 radical (unpaired) electrons. The van der Waals surface area contributed by atoms with Crippen molar-refractivity contribution in [3.63, 3.8) is 0 Å². The Bertz CT molecular complexity index is 377. The lowest BCUT2D eigenvalue weighted by atomic mass is 10.0. The van der Waals surface area contributed by atoms with Crippen molar-refractivity contribution >= 4 is 5.69 Å². The normalized spacial score (nSPS) is 20.5. The van der Waals surface area contributed by atoms with E-state index in [9.17, 15) is 0 Å². The maximum atomic E-state index is 8.75. The zero-order valence-corrected chi connectivity index (χ0v) is 9.61. The Morgan fingerprint density at radius 3 is 2.75 bits per heavy atom. The van der Waals surface area contributed by atoms with Crippen LogP contribution in [-0.4, -0.2) is 26.2 Å². The molecular weight excluding hydrogens is 198 g/mol. The lowest BCUT2D eigenvalue weighted by Crippen LogP contribution is -2.44. The van der Waals surface area contributed by atoms with Crippen LogP contribution in [0.4, 0.5) is 5.69 Å². The number of likely N-dealkylation sites (N-methyl/N-ethyl adjacent to an activating group) is 1. The Hall–Kier alpha value is -1.53. The Morgan fingerprint density at radius 2 is 2.12 bits per heavy atom. The third kappa shape index (κ3) is 2.34. The predicted molar refractivity (Wildman–Crippen MR) is 65.5 cm³/mol. The van der Waals surface area contributed by atoms with Crippen LogP contribution in [0.5, 0.6) is 0 Å². The largest absolute Gasteiger partial charge is 0.370 e. The number of hydrogen-bond acceptors (Lipinski definition) is 3. The molecule has 1 unspecified atom stereocenters. The number of anilines is 1. The molecule has 0 bridgehead atoms. The minimum Gasteiger partial charge on any atom is -0.370 e. The average molecular weight is 215 g/mol. The molecular formula is C13H17N3. The predicted octanol–water partition coefficient (Wildman–Crippen LogP) is 1.75. The standard InChI is InChI=1S/C13H17N3/c1-15-12-3-2-8-16(10-12)13-6-4-11(9-14)5-7-13/h4-7,12,15H,2-3,8,10H2,1H3. The zero-order chi connectivity index (χ0) is 11.4. The van der Waals surface area contributed by atoms with E-state index in [2.05, 4.69) is 16.3 Å². The summed E-state index contributed by atoms with van der Waals surface area (Å²) in [6.45, 7) is 2.17. The van der Waals surface area contributed by atoms with Gasteiger partial charge in [0.2, 0.25) is 0 Å². The molecule has 1 heterocycles. The topological polar surface area (TPSA) is 39.1 Å². The fraction of sp³-hybridized carbons (Fsp3) is 0.462. The van der Waals surface area contributed by atoms with Crippen molar-refractivity contribution < 1.29 is 0 Å². The molecule has 0 spiro atoms. The van der Waals surface area contributed by atoms with Gasteiger partial charge in [0.25, 0.3) is 0 Å². The summed E-state index contributed by atoms with van der Waals surface area (Å²) in [7, 11) is 2.02. The third-order valence-electron chi connectivity index (χ3n) is 3.19. The Labute approximate surface area is 96.7 Å². The van der Waals surface area contributed by atoms with Crippen LogP contribution >= 0.6 is 0 Å². The highest BCUT2D eigenvalue weighted by Gasteiger charge is 2.18. The molecule has 0 saturated carbocycles. The molecule has 84 valence electrons. The van der Waals surface area contributed by atoms with Gasteiger partial charge in [0, 0.05) is 24.8 Å². The van der Waals surface area contributed by atoms with E-state index < -0.39 is 0 Å². The maximum absolute atomic E-state index is 8.75. The second kappa shape index (κ2) is 5.00. The Morgan fingerprint density at radius 1 is 1.38 bits per heavy atom. The van der Waals surface area contributed by atoms with Gasteiger partial charge in [-0.3, -0.25) is 0 Å². The molecule has 16 heavy (non-hydrogen) atoms. The quantitative estimate of drug-likeness (QED) is 0.817. The summed E-state index contributed by atoms with van der Waals surface area (Å²) in [6, 6.07) is 10.6. The number of rotatable bonds is 2. The summed E-state index contributed by atoms with van der Waals surface area (Å²) in [5.41, 5.74) is 1.95. The summed E-state index contributed by atoms with van der Waals surface area (Å²) >= 11 is 0. The van der Waals surface area contributed by atoms with E-state index in [0.717, 1.165) is 18.7 Å². The van der Waals surface area contributed by atoms with Crippen molar-refractivity contribution in [1.29, 1.82) is 5.26 Å². The molecule has 0 aliphatic carbocycles. The highest BCUT2D eigenvalue weighted by Crippen LogP contribution is 2.20. The number of hydrogen-bond donors (Lipinski definition) is 1. The minimum atomic E-state index is 0.587. The SMILES string of the molecule is CNC1CCCN(c2ccc(C#N)cc2)C1. The Balaban J connectivity index is 2.08. The van der Waals surface area contributed by atoms with Crippen LogP contribution in [0, 0.1) is 11.3 Å². The van der Waals surface area contributed by atoms with Crippen LogP contribution in [0.25, 0.3) is 0 Å². The highest BCUT2D eigenvalue weighted by molar-refractivity contribution is 5.50. The van der Waals surface area contributed by atoms with Gasteiger partial charge in [-0.15, -0.1) is 0 Å².